The van der Waals surface area contributed by atoms with Gasteiger partial charge >= 0.3 is 5.97 Å². The van der Waals surface area contributed by atoms with Crippen molar-refractivity contribution >= 4 is 50.6 Å². The third-order valence-electron chi connectivity index (χ3n) is 5.29. The minimum atomic E-state index is -0.879. The molecular formula is C24H25BrClN3O5. The summed E-state index contributed by atoms with van der Waals surface area (Å²) in [6, 6.07) is 8.63. The van der Waals surface area contributed by atoms with Crippen molar-refractivity contribution in [2.24, 2.45) is 5.10 Å². The van der Waals surface area contributed by atoms with Crippen LogP contribution in [0.5, 0.6) is 11.5 Å². The highest BCUT2D eigenvalue weighted by Crippen LogP contribution is 2.37. The van der Waals surface area contributed by atoms with Gasteiger partial charge in [-0.05, 0) is 49.2 Å². The zero-order chi connectivity index (χ0) is 25.0. The Morgan fingerprint density at radius 3 is 2.65 bits per heavy atom. The van der Waals surface area contributed by atoms with E-state index in [2.05, 4.69) is 25.8 Å². The van der Waals surface area contributed by atoms with E-state index in [1.807, 2.05) is 19.9 Å². The second kappa shape index (κ2) is 11.0. The zero-order valence-electron chi connectivity index (χ0n) is 19.5. The van der Waals surface area contributed by atoms with Crippen molar-refractivity contribution in [1.82, 2.24) is 9.66 Å². The molecule has 2 atom stereocenters. The Hall–Kier alpha value is -2.91. The van der Waals surface area contributed by atoms with Crippen LogP contribution in [-0.4, -0.2) is 42.2 Å². The number of benzene rings is 2. The van der Waals surface area contributed by atoms with Crippen LogP contribution in [-0.2, 0) is 9.53 Å². The molecule has 2 aromatic carbocycles. The predicted octanol–water partition coefficient (Wildman–Crippen LogP) is 5.16. The lowest BCUT2D eigenvalue weighted by molar-refractivity contribution is -0.147. The largest absolute Gasteiger partial charge is 0.493 e. The van der Waals surface area contributed by atoms with E-state index >= 15 is 0 Å². The van der Waals surface area contributed by atoms with Crippen LogP contribution in [0.4, 0.5) is 0 Å². The van der Waals surface area contributed by atoms with Gasteiger partial charge in [-0.15, -0.1) is 0 Å². The Labute approximate surface area is 210 Å². The molecule has 0 spiro atoms. The molecule has 10 heteroatoms. The van der Waals surface area contributed by atoms with Gasteiger partial charge in [-0.3, -0.25) is 4.79 Å². The summed E-state index contributed by atoms with van der Waals surface area (Å²) in [5.41, 5.74) is 0.903. The van der Waals surface area contributed by atoms with Crippen LogP contribution in [0.1, 0.15) is 44.5 Å². The SMILES string of the molecule is CC[C@H](C)c1nc2ccc(Br)cc2c(=O)n1N=Cc1cc(Cl)c(O[C@H](C)C(=O)OC)c(OC)c1. The average molecular weight is 551 g/mol. The first-order chi connectivity index (χ1) is 16.2. The fourth-order valence-electron chi connectivity index (χ4n) is 3.22. The van der Waals surface area contributed by atoms with Crippen molar-refractivity contribution in [2.45, 2.75) is 39.2 Å². The molecule has 0 radical (unpaired) electrons. The highest BCUT2D eigenvalue weighted by molar-refractivity contribution is 9.10. The maximum Gasteiger partial charge on any atom is 0.346 e. The minimum absolute atomic E-state index is 0.00612. The number of rotatable bonds is 8. The van der Waals surface area contributed by atoms with E-state index in [4.69, 9.17) is 26.1 Å². The number of halogens is 2. The summed E-state index contributed by atoms with van der Waals surface area (Å²) in [7, 11) is 2.73. The second-order valence-electron chi connectivity index (χ2n) is 7.62. The van der Waals surface area contributed by atoms with Gasteiger partial charge in [0, 0.05) is 10.4 Å². The van der Waals surface area contributed by atoms with Crippen molar-refractivity contribution in [3.63, 3.8) is 0 Å². The zero-order valence-corrected chi connectivity index (χ0v) is 21.8. The number of carbonyl (C=O) groups excluding carboxylic acids is 1. The Morgan fingerprint density at radius 1 is 1.26 bits per heavy atom. The molecule has 0 aliphatic carbocycles. The maximum absolute atomic E-state index is 13.3. The van der Waals surface area contributed by atoms with Gasteiger partial charge in [0.2, 0.25) is 0 Å². The number of methoxy groups -OCH3 is 2. The Bertz CT molecular complexity index is 1310. The molecule has 3 rings (SSSR count). The van der Waals surface area contributed by atoms with Gasteiger partial charge in [0.15, 0.2) is 17.6 Å². The van der Waals surface area contributed by atoms with Gasteiger partial charge < -0.3 is 14.2 Å². The first kappa shape index (κ1) is 25.7. The molecule has 180 valence electrons. The first-order valence-corrected chi connectivity index (χ1v) is 11.8. The molecule has 0 saturated carbocycles. The van der Waals surface area contributed by atoms with Crippen LogP contribution in [0.15, 0.2) is 44.7 Å². The second-order valence-corrected chi connectivity index (χ2v) is 8.94. The topological polar surface area (TPSA) is 92.0 Å². The van der Waals surface area contributed by atoms with Crippen molar-refractivity contribution in [2.75, 3.05) is 14.2 Å². The summed E-state index contributed by atoms with van der Waals surface area (Å²) in [6.45, 7) is 5.56. The average Bonchev–Trinajstić information content (AvgIpc) is 2.83. The van der Waals surface area contributed by atoms with E-state index in [9.17, 15) is 9.59 Å². The number of aromatic nitrogens is 2. The lowest BCUT2D eigenvalue weighted by Gasteiger charge is -2.17. The van der Waals surface area contributed by atoms with E-state index in [1.54, 1.807) is 31.2 Å². The van der Waals surface area contributed by atoms with E-state index in [1.165, 1.54) is 25.1 Å². The lowest BCUT2D eigenvalue weighted by atomic mass is 10.1. The van der Waals surface area contributed by atoms with E-state index < -0.39 is 12.1 Å². The van der Waals surface area contributed by atoms with Crippen LogP contribution in [0.25, 0.3) is 10.9 Å². The third kappa shape index (κ3) is 5.42. The molecule has 8 nitrogen and oxygen atoms in total. The number of ether oxygens (including phenoxy) is 3. The first-order valence-electron chi connectivity index (χ1n) is 10.6. The molecule has 0 N–H and O–H groups in total. The highest BCUT2D eigenvalue weighted by atomic mass is 79.9. The number of fused-ring (bicyclic) bond motifs is 1. The Kier molecular flexibility index (Phi) is 8.33. The molecule has 0 saturated heterocycles. The van der Waals surface area contributed by atoms with E-state index in [0.717, 1.165) is 10.9 Å². The lowest BCUT2D eigenvalue weighted by Crippen LogP contribution is -2.25. The molecular weight excluding hydrogens is 526 g/mol. The van der Waals surface area contributed by atoms with Gasteiger partial charge in [0.25, 0.3) is 5.56 Å². The van der Waals surface area contributed by atoms with Gasteiger partial charge in [-0.25, -0.2) is 9.78 Å². The van der Waals surface area contributed by atoms with Crippen LogP contribution < -0.4 is 15.0 Å². The van der Waals surface area contributed by atoms with Crippen LogP contribution >= 0.6 is 27.5 Å². The monoisotopic (exact) mass is 549 g/mol. The van der Waals surface area contributed by atoms with Gasteiger partial charge in [-0.1, -0.05) is 41.4 Å². The third-order valence-corrected chi connectivity index (χ3v) is 6.06. The van der Waals surface area contributed by atoms with E-state index in [-0.39, 0.29) is 22.2 Å². The number of esters is 1. The number of hydrogen-bond donors (Lipinski definition) is 0. The van der Waals surface area contributed by atoms with E-state index in [0.29, 0.717) is 28.0 Å². The molecule has 0 unspecified atom stereocenters. The maximum atomic E-state index is 13.3. The molecule has 3 aromatic rings. The summed E-state index contributed by atoms with van der Waals surface area (Å²) in [6.07, 6.45) is 1.41. The predicted molar refractivity (Wildman–Crippen MR) is 136 cm³/mol. The van der Waals surface area contributed by atoms with Crippen LogP contribution in [0.3, 0.4) is 0 Å². The van der Waals surface area contributed by atoms with Crippen molar-refractivity contribution in [1.29, 1.82) is 0 Å². The fourth-order valence-corrected chi connectivity index (χ4v) is 3.85. The standard InChI is InChI=1S/C24H25BrClN3O5/c1-6-13(2)22-28-19-8-7-16(25)11-17(19)23(30)29(22)27-12-15-9-18(26)21(20(10-15)32-4)34-14(3)24(31)33-5/h7-14H,6H2,1-5H3/t13-,14+/m0/s1. The number of carbonyl (C=O) groups is 1. The highest BCUT2D eigenvalue weighted by Gasteiger charge is 2.20. The number of hydrogen-bond acceptors (Lipinski definition) is 7. The van der Waals surface area contributed by atoms with Gasteiger partial charge in [0.1, 0.15) is 5.82 Å². The molecule has 0 aliphatic rings. The molecule has 1 heterocycles. The summed E-state index contributed by atoms with van der Waals surface area (Å²) in [4.78, 5) is 29.7. The quantitative estimate of drug-likeness (QED) is 0.284. The summed E-state index contributed by atoms with van der Waals surface area (Å²) >= 11 is 9.82. The number of nitrogens with zero attached hydrogens (tertiary/aromatic N) is 3. The smallest absolute Gasteiger partial charge is 0.346 e. The summed E-state index contributed by atoms with van der Waals surface area (Å²) < 4.78 is 17.8. The summed E-state index contributed by atoms with van der Waals surface area (Å²) in [5.74, 6) is 0.528. The molecule has 0 aliphatic heterocycles. The van der Waals surface area contributed by atoms with Crippen molar-refractivity contribution in [3.8, 4) is 11.5 Å². The van der Waals surface area contributed by atoms with Crippen molar-refractivity contribution in [3.05, 3.63) is 61.6 Å². The minimum Gasteiger partial charge on any atom is -0.493 e. The van der Waals surface area contributed by atoms with Crippen LogP contribution in [0, 0.1) is 0 Å². The fraction of sp³-hybridized carbons (Fsp3) is 0.333. The molecule has 34 heavy (non-hydrogen) atoms. The molecule has 0 bridgehead atoms. The Balaban J connectivity index is 2.07. The van der Waals surface area contributed by atoms with Crippen molar-refractivity contribution < 1.29 is 19.0 Å². The molecule has 1 aromatic heterocycles. The summed E-state index contributed by atoms with van der Waals surface area (Å²) in [5, 5.41) is 5.11. The normalized spacial score (nSPS) is 13.1. The molecule has 0 amide bonds. The molecule has 0 fully saturated rings. The van der Waals surface area contributed by atoms with Gasteiger partial charge in [-0.2, -0.15) is 9.78 Å². The van der Waals surface area contributed by atoms with Crippen LogP contribution in [0.2, 0.25) is 5.02 Å². The Morgan fingerprint density at radius 2 is 2.00 bits per heavy atom. The van der Waals surface area contributed by atoms with Gasteiger partial charge in [0.05, 0.1) is 36.4 Å².